The molecule has 3 nitrogen and oxygen atoms in total. The summed E-state index contributed by atoms with van der Waals surface area (Å²) in [5.74, 6) is 0.278. The van der Waals surface area contributed by atoms with Gasteiger partial charge in [0.05, 0.1) is 13.2 Å². The summed E-state index contributed by atoms with van der Waals surface area (Å²) in [4.78, 5) is 12.2. The molecule has 0 aromatic carbocycles. The molecule has 0 bridgehead atoms. The molecule has 0 aromatic heterocycles. The molecule has 16 heavy (non-hydrogen) atoms. The number of carbonyl (C=O) groups excluding carboxylic acids is 1. The minimum atomic E-state index is -0.0546. The molecule has 0 radical (unpaired) electrons. The van der Waals surface area contributed by atoms with E-state index in [-0.39, 0.29) is 16.7 Å². The predicted molar refractivity (Wildman–Crippen MR) is 63.1 cm³/mol. The van der Waals surface area contributed by atoms with Gasteiger partial charge in [0.25, 0.3) is 0 Å². The third-order valence-corrected chi connectivity index (χ3v) is 4.30. The highest BCUT2D eigenvalue weighted by atomic mass is 16.5. The Bertz CT molecular complexity index is 265. The molecular formula is C13H23NO2. The van der Waals surface area contributed by atoms with Crippen LogP contribution in [0.3, 0.4) is 0 Å². The Labute approximate surface area is 97.9 Å². The Balaban J connectivity index is 1.86. The van der Waals surface area contributed by atoms with E-state index >= 15 is 0 Å². The van der Waals surface area contributed by atoms with Gasteiger partial charge in [0.2, 0.25) is 5.91 Å². The molecule has 1 saturated heterocycles. The van der Waals surface area contributed by atoms with E-state index in [1.165, 1.54) is 12.8 Å². The predicted octanol–water partition coefficient (Wildman–Crippen LogP) is 2.11. The van der Waals surface area contributed by atoms with E-state index < -0.39 is 0 Å². The van der Waals surface area contributed by atoms with Crippen molar-refractivity contribution in [3.63, 3.8) is 0 Å². The van der Waals surface area contributed by atoms with Crippen LogP contribution in [0.25, 0.3) is 0 Å². The lowest BCUT2D eigenvalue weighted by Gasteiger charge is -2.39. The van der Waals surface area contributed by atoms with Gasteiger partial charge < -0.3 is 10.1 Å². The Morgan fingerprint density at radius 1 is 1.31 bits per heavy atom. The lowest BCUT2D eigenvalue weighted by atomic mass is 9.81. The van der Waals surface area contributed by atoms with Crippen molar-refractivity contribution in [2.24, 2.45) is 10.8 Å². The van der Waals surface area contributed by atoms with Gasteiger partial charge in [-0.3, -0.25) is 4.79 Å². The molecule has 1 aliphatic carbocycles. The standard InChI is InChI=1S/C13H23NO2/c1-3-13(6-4-5-7-13)11(15)14-8-12(2)9-16-10-12/h3-10H2,1-2H3,(H,14,15). The molecule has 1 N–H and O–H groups in total. The summed E-state index contributed by atoms with van der Waals surface area (Å²) in [6.07, 6.45) is 5.54. The summed E-state index contributed by atoms with van der Waals surface area (Å²) < 4.78 is 5.20. The van der Waals surface area contributed by atoms with Crippen LogP contribution in [0.4, 0.5) is 0 Å². The van der Waals surface area contributed by atoms with Crippen LogP contribution in [0, 0.1) is 10.8 Å². The monoisotopic (exact) mass is 225 g/mol. The van der Waals surface area contributed by atoms with E-state index in [4.69, 9.17) is 4.74 Å². The van der Waals surface area contributed by atoms with Crippen molar-refractivity contribution >= 4 is 5.91 Å². The van der Waals surface area contributed by atoms with Gasteiger partial charge in [-0.2, -0.15) is 0 Å². The van der Waals surface area contributed by atoms with Crippen LogP contribution in [0.15, 0.2) is 0 Å². The molecule has 1 heterocycles. The van der Waals surface area contributed by atoms with Crippen molar-refractivity contribution in [1.29, 1.82) is 0 Å². The Morgan fingerprint density at radius 3 is 2.38 bits per heavy atom. The van der Waals surface area contributed by atoms with Crippen LogP contribution in [-0.2, 0) is 9.53 Å². The average molecular weight is 225 g/mol. The molecule has 2 fully saturated rings. The third-order valence-electron chi connectivity index (χ3n) is 4.30. The minimum absolute atomic E-state index is 0.0546. The van der Waals surface area contributed by atoms with Crippen LogP contribution < -0.4 is 5.32 Å². The van der Waals surface area contributed by atoms with Crippen LogP contribution in [0.5, 0.6) is 0 Å². The zero-order valence-electron chi connectivity index (χ0n) is 10.5. The molecule has 0 unspecified atom stereocenters. The molecular weight excluding hydrogens is 202 g/mol. The first-order chi connectivity index (χ1) is 7.60. The maximum atomic E-state index is 12.2. The number of hydrogen-bond acceptors (Lipinski definition) is 2. The molecule has 92 valence electrons. The Kier molecular flexibility index (Phi) is 3.24. The normalized spacial score (nSPS) is 26.1. The fraction of sp³-hybridized carbons (Fsp3) is 0.923. The lowest BCUT2D eigenvalue weighted by molar-refractivity contribution is -0.135. The van der Waals surface area contributed by atoms with Gasteiger partial charge in [-0.25, -0.2) is 0 Å². The molecule has 1 saturated carbocycles. The SMILES string of the molecule is CCC1(C(=O)NCC2(C)COC2)CCCC1. The number of amides is 1. The largest absolute Gasteiger partial charge is 0.380 e. The van der Waals surface area contributed by atoms with Crippen molar-refractivity contribution < 1.29 is 9.53 Å². The molecule has 0 aromatic rings. The Morgan fingerprint density at radius 2 is 1.94 bits per heavy atom. The van der Waals surface area contributed by atoms with E-state index in [0.29, 0.717) is 0 Å². The molecule has 1 aliphatic heterocycles. The molecule has 0 spiro atoms. The summed E-state index contributed by atoms with van der Waals surface area (Å²) in [5, 5.41) is 3.14. The minimum Gasteiger partial charge on any atom is -0.380 e. The second-order valence-corrected chi connectivity index (χ2v) is 5.83. The van der Waals surface area contributed by atoms with Crippen LogP contribution in [0.1, 0.15) is 46.0 Å². The summed E-state index contributed by atoms with van der Waals surface area (Å²) in [6.45, 7) is 6.65. The topological polar surface area (TPSA) is 38.3 Å². The average Bonchev–Trinajstić information content (AvgIpc) is 2.73. The highest BCUT2D eigenvalue weighted by Crippen LogP contribution is 2.41. The highest BCUT2D eigenvalue weighted by Gasteiger charge is 2.41. The quantitative estimate of drug-likeness (QED) is 0.795. The van der Waals surface area contributed by atoms with Crippen molar-refractivity contribution in [2.45, 2.75) is 46.0 Å². The second-order valence-electron chi connectivity index (χ2n) is 5.83. The van der Waals surface area contributed by atoms with Crippen molar-refractivity contribution in [3.8, 4) is 0 Å². The van der Waals surface area contributed by atoms with Gasteiger partial charge in [0, 0.05) is 17.4 Å². The zero-order valence-corrected chi connectivity index (χ0v) is 10.5. The Hall–Kier alpha value is -0.570. The van der Waals surface area contributed by atoms with Crippen molar-refractivity contribution in [2.75, 3.05) is 19.8 Å². The van der Waals surface area contributed by atoms with E-state index in [0.717, 1.165) is 39.0 Å². The van der Waals surface area contributed by atoms with E-state index in [9.17, 15) is 4.79 Å². The maximum absolute atomic E-state index is 12.2. The number of nitrogens with one attached hydrogen (secondary N) is 1. The van der Waals surface area contributed by atoms with Crippen molar-refractivity contribution in [3.05, 3.63) is 0 Å². The smallest absolute Gasteiger partial charge is 0.226 e. The second kappa shape index (κ2) is 4.36. The van der Waals surface area contributed by atoms with Gasteiger partial charge in [0.15, 0.2) is 0 Å². The highest BCUT2D eigenvalue weighted by molar-refractivity contribution is 5.82. The number of hydrogen-bond donors (Lipinski definition) is 1. The number of ether oxygens (including phenoxy) is 1. The summed E-state index contributed by atoms with van der Waals surface area (Å²) in [6, 6.07) is 0. The lowest BCUT2D eigenvalue weighted by Crippen LogP contribution is -2.51. The fourth-order valence-electron chi connectivity index (χ4n) is 2.83. The first-order valence-electron chi connectivity index (χ1n) is 6.46. The summed E-state index contributed by atoms with van der Waals surface area (Å²) >= 11 is 0. The number of carbonyl (C=O) groups is 1. The molecule has 1 amide bonds. The van der Waals surface area contributed by atoms with E-state index in [1.807, 2.05) is 0 Å². The van der Waals surface area contributed by atoms with Crippen molar-refractivity contribution in [1.82, 2.24) is 5.32 Å². The number of rotatable bonds is 4. The maximum Gasteiger partial charge on any atom is 0.226 e. The fourth-order valence-corrected chi connectivity index (χ4v) is 2.83. The summed E-state index contributed by atoms with van der Waals surface area (Å²) in [7, 11) is 0. The van der Waals surface area contributed by atoms with E-state index in [2.05, 4.69) is 19.2 Å². The van der Waals surface area contributed by atoms with Crippen LogP contribution in [-0.4, -0.2) is 25.7 Å². The first-order valence-corrected chi connectivity index (χ1v) is 6.46. The molecule has 3 heteroatoms. The van der Waals surface area contributed by atoms with Gasteiger partial charge in [0.1, 0.15) is 0 Å². The van der Waals surface area contributed by atoms with Crippen LogP contribution in [0.2, 0.25) is 0 Å². The summed E-state index contributed by atoms with van der Waals surface area (Å²) in [5.41, 5.74) is 0.129. The molecule has 0 atom stereocenters. The van der Waals surface area contributed by atoms with Gasteiger partial charge in [-0.15, -0.1) is 0 Å². The zero-order chi connectivity index (χ0) is 11.6. The van der Waals surface area contributed by atoms with Gasteiger partial charge in [-0.1, -0.05) is 26.7 Å². The van der Waals surface area contributed by atoms with Gasteiger partial charge >= 0.3 is 0 Å². The van der Waals surface area contributed by atoms with Gasteiger partial charge in [-0.05, 0) is 19.3 Å². The first kappa shape index (κ1) is 11.9. The molecule has 2 rings (SSSR count). The third kappa shape index (κ3) is 2.10. The van der Waals surface area contributed by atoms with E-state index in [1.54, 1.807) is 0 Å². The van der Waals surface area contributed by atoms with Crippen LogP contribution >= 0.6 is 0 Å². The molecule has 2 aliphatic rings.